The van der Waals surface area contributed by atoms with E-state index in [0.717, 1.165) is 6.92 Å². The van der Waals surface area contributed by atoms with E-state index in [0.29, 0.717) is 0 Å². The molecule has 0 aromatic rings. The zero-order chi connectivity index (χ0) is 9.78. The fourth-order valence-corrected chi connectivity index (χ4v) is 0.431. The summed E-state index contributed by atoms with van der Waals surface area (Å²) in [5, 5.41) is 1.63. The molecule has 0 rings (SSSR count). The summed E-state index contributed by atoms with van der Waals surface area (Å²) in [6, 6.07) is -1.88. The molecule has 0 bridgehead atoms. The fourth-order valence-electron chi connectivity index (χ4n) is 0.431. The molecule has 0 aliphatic rings. The summed E-state index contributed by atoms with van der Waals surface area (Å²) in [5.41, 5.74) is 0. The van der Waals surface area contributed by atoms with Gasteiger partial charge in [0.1, 0.15) is 6.04 Å². The van der Waals surface area contributed by atoms with Gasteiger partial charge in [0.2, 0.25) is 0 Å². The maximum absolute atomic E-state index is 11.8. The summed E-state index contributed by atoms with van der Waals surface area (Å²) >= 11 is 0. The number of ether oxygens (including phenoxy) is 1. The first-order chi connectivity index (χ1) is 5.38. The lowest BCUT2D eigenvalue weighted by molar-refractivity contribution is -0.149. The van der Waals surface area contributed by atoms with Gasteiger partial charge in [-0.3, -0.25) is 0 Å². The van der Waals surface area contributed by atoms with E-state index in [2.05, 4.69) is 4.74 Å². The smallest absolute Gasteiger partial charge is 0.408 e. The van der Waals surface area contributed by atoms with Crippen molar-refractivity contribution in [3.8, 4) is 0 Å². The van der Waals surface area contributed by atoms with Crippen molar-refractivity contribution in [1.82, 2.24) is 5.32 Å². The minimum absolute atomic E-state index is 0.0520. The van der Waals surface area contributed by atoms with Crippen LogP contribution in [0.3, 0.4) is 0 Å². The summed E-state index contributed by atoms with van der Waals surface area (Å²) in [4.78, 5) is 10.5. The van der Waals surface area contributed by atoms with Gasteiger partial charge in [0.15, 0.2) is 0 Å². The highest BCUT2D eigenvalue weighted by molar-refractivity contribution is 5.67. The van der Waals surface area contributed by atoms with Crippen molar-refractivity contribution in [1.29, 1.82) is 0 Å². The maximum atomic E-state index is 11.8. The predicted molar refractivity (Wildman–Crippen MR) is 35.7 cm³/mol. The molecule has 1 N–H and O–H groups in total. The quantitative estimate of drug-likeness (QED) is 0.710. The van der Waals surface area contributed by atoms with Crippen LogP contribution in [0, 0.1) is 0 Å². The number of amides is 1. The molecule has 0 saturated carbocycles. The Morgan fingerprint density at radius 1 is 1.58 bits per heavy atom. The molecule has 0 aliphatic heterocycles. The fraction of sp³-hybridized carbons (Fsp3) is 0.833. The van der Waals surface area contributed by atoms with Crippen LogP contribution in [0.5, 0.6) is 0 Å². The molecule has 1 atom stereocenters. The molecule has 3 nitrogen and oxygen atoms in total. The highest BCUT2D eigenvalue weighted by atomic mass is 19.4. The van der Waals surface area contributed by atoms with E-state index in [-0.39, 0.29) is 6.61 Å². The normalized spacial score (nSPS) is 13.8. The predicted octanol–water partition coefficient (Wildman–Crippen LogP) is 1.68. The van der Waals surface area contributed by atoms with Crippen molar-refractivity contribution < 1.29 is 22.7 Å². The molecular formula is C6H10F3NO2. The average molecular weight is 185 g/mol. The molecule has 0 spiro atoms. The van der Waals surface area contributed by atoms with E-state index < -0.39 is 18.3 Å². The Balaban J connectivity index is 3.84. The molecule has 0 fully saturated rings. The molecule has 0 aliphatic carbocycles. The second-order valence-electron chi connectivity index (χ2n) is 2.13. The van der Waals surface area contributed by atoms with E-state index >= 15 is 0 Å². The number of halogens is 3. The van der Waals surface area contributed by atoms with Crippen molar-refractivity contribution in [2.45, 2.75) is 26.1 Å². The molecule has 0 radical (unpaired) electrons. The molecule has 0 saturated heterocycles. The van der Waals surface area contributed by atoms with E-state index in [1.54, 1.807) is 5.32 Å². The summed E-state index contributed by atoms with van der Waals surface area (Å²) in [7, 11) is 0. The standard InChI is InChI=1S/C6H10F3NO2/c1-3-12-5(11)10-4(2)6(7,8)9/h4H,3H2,1-2H3,(H,10,11). The highest BCUT2D eigenvalue weighted by Gasteiger charge is 2.37. The summed E-state index contributed by atoms with van der Waals surface area (Å²) in [6.07, 6.45) is -5.48. The maximum Gasteiger partial charge on any atom is 0.408 e. The van der Waals surface area contributed by atoms with Gasteiger partial charge < -0.3 is 10.1 Å². The first-order valence-corrected chi connectivity index (χ1v) is 3.38. The second-order valence-corrected chi connectivity index (χ2v) is 2.13. The lowest BCUT2D eigenvalue weighted by Crippen LogP contribution is -2.43. The van der Waals surface area contributed by atoms with Crippen LogP contribution >= 0.6 is 0 Å². The van der Waals surface area contributed by atoms with Crippen molar-refractivity contribution in [3.05, 3.63) is 0 Å². The van der Waals surface area contributed by atoms with Crippen LogP contribution in [0.25, 0.3) is 0 Å². The molecule has 1 amide bonds. The molecule has 6 heteroatoms. The highest BCUT2D eigenvalue weighted by Crippen LogP contribution is 2.19. The van der Waals surface area contributed by atoms with Gasteiger partial charge in [-0.15, -0.1) is 0 Å². The number of hydrogen-bond acceptors (Lipinski definition) is 2. The topological polar surface area (TPSA) is 38.3 Å². The second kappa shape index (κ2) is 4.18. The lowest BCUT2D eigenvalue weighted by Gasteiger charge is -2.16. The summed E-state index contributed by atoms with van der Waals surface area (Å²) < 4.78 is 39.6. The van der Waals surface area contributed by atoms with Gasteiger partial charge in [-0.05, 0) is 13.8 Å². The van der Waals surface area contributed by atoms with E-state index in [1.165, 1.54) is 6.92 Å². The average Bonchev–Trinajstić information content (AvgIpc) is 1.85. The van der Waals surface area contributed by atoms with Crippen LogP contribution in [0.2, 0.25) is 0 Å². The third-order valence-corrected chi connectivity index (χ3v) is 1.10. The van der Waals surface area contributed by atoms with Crippen LogP contribution in [-0.4, -0.2) is 24.9 Å². The number of nitrogens with one attached hydrogen (secondary N) is 1. The Morgan fingerprint density at radius 3 is 2.42 bits per heavy atom. The number of alkyl halides is 3. The minimum Gasteiger partial charge on any atom is -0.450 e. The largest absolute Gasteiger partial charge is 0.450 e. The summed E-state index contributed by atoms with van der Waals surface area (Å²) in [5.74, 6) is 0. The van der Waals surface area contributed by atoms with E-state index in [9.17, 15) is 18.0 Å². The first kappa shape index (κ1) is 11.1. The van der Waals surface area contributed by atoms with Crippen LogP contribution in [0.4, 0.5) is 18.0 Å². The lowest BCUT2D eigenvalue weighted by atomic mass is 10.3. The van der Waals surface area contributed by atoms with Crippen molar-refractivity contribution >= 4 is 6.09 Å². The summed E-state index contributed by atoms with van der Waals surface area (Å²) in [6.45, 7) is 2.41. The SMILES string of the molecule is CCOC(=O)NC(C)C(F)(F)F. The van der Waals surface area contributed by atoms with Crippen molar-refractivity contribution in [3.63, 3.8) is 0 Å². The Labute approximate surface area is 67.9 Å². The van der Waals surface area contributed by atoms with E-state index in [4.69, 9.17) is 0 Å². The number of carbonyl (C=O) groups is 1. The molecular weight excluding hydrogens is 175 g/mol. The van der Waals surface area contributed by atoms with Crippen LogP contribution in [0.1, 0.15) is 13.8 Å². The van der Waals surface area contributed by atoms with Gasteiger partial charge in [-0.2, -0.15) is 13.2 Å². The van der Waals surface area contributed by atoms with Gasteiger partial charge in [0, 0.05) is 0 Å². The first-order valence-electron chi connectivity index (χ1n) is 3.38. The third kappa shape index (κ3) is 4.05. The van der Waals surface area contributed by atoms with Gasteiger partial charge in [0.05, 0.1) is 6.61 Å². The molecule has 12 heavy (non-hydrogen) atoms. The number of rotatable bonds is 2. The monoisotopic (exact) mass is 185 g/mol. The Hall–Kier alpha value is -0.940. The molecule has 1 unspecified atom stereocenters. The Morgan fingerprint density at radius 2 is 2.08 bits per heavy atom. The van der Waals surface area contributed by atoms with Gasteiger partial charge in [-0.25, -0.2) is 4.79 Å². The Kier molecular flexibility index (Phi) is 3.85. The van der Waals surface area contributed by atoms with Gasteiger partial charge in [0.25, 0.3) is 0 Å². The molecule has 0 heterocycles. The van der Waals surface area contributed by atoms with E-state index in [1.807, 2.05) is 0 Å². The number of alkyl carbamates (subject to hydrolysis) is 1. The van der Waals surface area contributed by atoms with Crippen LogP contribution < -0.4 is 5.32 Å². The molecule has 0 aromatic heterocycles. The van der Waals surface area contributed by atoms with Gasteiger partial charge in [-0.1, -0.05) is 0 Å². The van der Waals surface area contributed by atoms with Crippen molar-refractivity contribution in [2.75, 3.05) is 6.61 Å². The van der Waals surface area contributed by atoms with Gasteiger partial charge >= 0.3 is 12.3 Å². The number of hydrogen-bond donors (Lipinski definition) is 1. The zero-order valence-electron chi connectivity index (χ0n) is 6.73. The van der Waals surface area contributed by atoms with Crippen LogP contribution in [-0.2, 0) is 4.74 Å². The third-order valence-electron chi connectivity index (χ3n) is 1.10. The minimum atomic E-state index is -4.42. The van der Waals surface area contributed by atoms with Crippen molar-refractivity contribution in [2.24, 2.45) is 0 Å². The zero-order valence-corrected chi connectivity index (χ0v) is 6.73. The molecule has 0 aromatic carbocycles. The van der Waals surface area contributed by atoms with Crippen LogP contribution in [0.15, 0.2) is 0 Å². The number of carbonyl (C=O) groups excluding carboxylic acids is 1. The Bertz CT molecular complexity index is 157. The molecule has 72 valence electrons.